The van der Waals surface area contributed by atoms with E-state index in [1.54, 1.807) is 11.0 Å². The molecule has 2 aromatic rings. The fourth-order valence-corrected chi connectivity index (χ4v) is 1.85. The number of hydrogen-bond acceptors (Lipinski definition) is 5. The second-order valence-corrected chi connectivity index (χ2v) is 4.57. The zero-order valence-electron chi connectivity index (χ0n) is 10.3. The van der Waals surface area contributed by atoms with E-state index in [9.17, 15) is 0 Å². The predicted molar refractivity (Wildman–Crippen MR) is 68.7 cm³/mol. The number of anilines is 1. The fraction of sp³-hybridized carbons (Fsp3) is 0.417. The Labute approximate surface area is 105 Å². The molecule has 1 saturated heterocycles. The zero-order chi connectivity index (χ0) is 12.4. The highest BCUT2D eigenvalue weighted by Crippen LogP contribution is 2.10. The normalized spacial score (nSPS) is 15.4. The van der Waals surface area contributed by atoms with Gasteiger partial charge in [0, 0.05) is 37.8 Å². The van der Waals surface area contributed by atoms with Gasteiger partial charge in [-0.2, -0.15) is 5.10 Å². The van der Waals surface area contributed by atoms with E-state index in [0.717, 1.165) is 37.0 Å². The van der Waals surface area contributed by atoms with E-state index in [2.05, 4.69) is 25.7 Å². The summed E-state index contributed by atoms with van der Waals surface area (Å²) < 4.78 is 1.76. The van der Waals surface area contributed by atoms with E-state index in [1.165, 1.54) is 0 Å². The number of nitrogens with one attached hydrogen (secondary N) is 2. The first-order chi connectivity index (χ1) is 8.81. The van der Waals surface area contributed by atoms with Crippen LogP contribution in [0.4, 0.5) is 5.82 Å². The van der Waals surface area contributed by atoms with Crippen molar-refractivity contribution in [1.82, 2.24) is 25.1 Å². The molecule has 3 heterocycles. The lowest BCUT2D eigenvalue weighted by molar-refractivity contribution is 0.365. The quantitative estimate of drug-likeness (QED) is 0.824. The van der Waals surface area contributed by atoms with Gasteiger partial charge in [-0.1, -0.05) is 0 Å². The molecule has 94 valence electrons. The maximum atomic E-state index is 4.33. The third kappa shape index (κ3) is 2.33. The molecular weight excluding hydrogens is 228 g/mol. The summed E-state index contributed by atoms with van der Waals surface area (Å²) in [4.78, 5) is 8.44. The molecule has 1 aliphatic rings. The molecule has 0 saturated carbocycles. The van der Waals surface area contributed by atoms with Crippen LogP contribution in [-0.2, 0) is 0 Å². The van der Waals surface area contributed by atoms with Gasteiger partial charge in [0.25, 0.3) is 0 Å². The molecule has 0 unspecified atom stereocenters. The summed E-state index contributed by atoms with van der Waals surface area (Å²) in [5.41, 5.74) is 0.976. The number of rotatable bonds is 4. The second kappa shape index (κ2) is 4.73. The molecule has 0 atom stereocenters. The van der Waals surface area contributed by atoms with Crippen molar-refractivity contribution in [2.24, 2.45) is 5.92 Å². The summed E-state index contributed by atoms with van der Waals surface area (Å²) in [6.07, 6.45) is 3.46. The molecule has 3 rings (SSSR count). The SMILES string of the molecule is Cc1ccn(-c2cc(NCC3CNC3)ncn2)n1. The highest BCUT2D eigenvalue weighted by Gasteiger charge is 2.16. The summed E-state index contributed by atoms with van der Waals surface area (Å²) >= 11 is 0. The summed E-state index contributed by atoms with van der Waals surface area (Å²) in [6.45, 7) is 5.08. The highest BCUT2D eigenvalue weighted by atomic mass is 15.3. The van der Waals surface area contributed by atoms with E-state index in [0.29, 0.717) is 5.92 Å². The van der Waals surface area contributed by atoms with Crippen LogP contribution in [0.3, 0.4) is 0 Å². The van der Waals surface area contributed by atoms with E-state index in [1.807, 2.05) is 25.3 Å². The van der Waals surface area contributed by atoms with Gasteiger partial charge in [0.05, 0.1) is 5.69 Å². The lowest BCUT2D eigenvalue weighted by Crippen LogP contribution is -2.45. The predicted octanol–water partition coefficient (Wildman–Crippen LogP) is 0.602. The molecule has 0 aromatic carbocycles. The molecule has 0 bridgehead atoms. The minimum Gasteiger partial charge on any atom is -0.370 e. The standard InChI is InChI=1S/C12H16N6/c1-9-2-3-18(17-9)12-4-11(15-8-16-12)14-7-10-5-13-6-10/h2-4,8,10,13H,5-7H2,1H3,(H,14,15,16). The van der Waals surface area contributed by atoms with Gasteiger partial charge in [-0.3, -0.25) is 0 Å². The van der Waals surface area contributed by atoms with Crippen molar-refractivity contribution in [2.45, 2.75) is 6.92 Å². The zero-order valence-corrected chi connectivity index (χ0v) is 10.3. The third-order valence-electron chi connectivity index (χ3n) is 3.05. The molecule has 0 radical (unpaired) electrons. The van der Waals surface area contributed by atoms with Gasteiger partial charge in [0.2, 0.25) is 0 Å². The van der Waals surface area contributed by atoms with Crippen molar-refractivity contribution in [3.63, 3.8) is 0 Å². The van der Waals surface area contributed by atoms with Crippen LogP contribution in [0, 0.1) is 12.8 Å². The minimum absolute atomic E-state index is 0.704. The van der Waals surface area contributed by atoms with Crippen LogP contribution in [0.15, 0.2) is 24.7 Å². The van der Waals surface area contributed by atoms with Gasteiger partial charge in [-0.15, -0.1) is 0 Å². The average molecular weight is 244 g/mol. The summed E-state index contributed by atoms with van der Waals surface area (Å²) in [7, 11) is 0. The first kappa shape index (κ1) is 11.2. The van der Waals surface area contributed by atoms with Crippen LogP contribution in [0.1, 0.15) is 5.69 Å². The first-order valence-electron chi connectivity index (χ1n) is 6.10. The topological polar surface area (TPSA) is 67.7 Å². The van der Waals surface area contributed by atoms with Crippen LogP contribution < -0.4 is 10.6 Å². The Balaban J connectivity index is 1.71. The molecule has 2 aromatic heterocycles. The molecule has 18 heavy (non-hydrogen) atoms. The van der Waals surface area contributed by atoms with Crippen molar-refractivity contribution in [3.8, 4) is 5.82 Å². The molecule has 0 spiro atoms. The van der Waals surface area contributed by atoms with Gasteiger partial charge >= 0.3 is 0 Å². The average Bonchev–Trinajstić information content (AvgIpc) is 2.74. The van der Waals surface area contributed by atoms with E-state index < -0.39 is 0 Å². The molecule has 1 fully saturated rings. The highest BCUT2D eigenvalue weighted by molar-refractivity contribution is 5.40. The largest absolute Gasteiger partial charge is 0.370 e. The molecular formula is C12H16N6. The Hall–Kier alpha value is -1.95. The van der Waals surface area contributed by atoms with Gasteiger partial charge in [0.15, 0.2) is 5.82 Å². The Bertz CT molecular complexity index is 531. The minimum atomic E-state index is 0.704. The molecule has 2 N–H and O–H groups in total. The Morgan fingerprint density at radius 3 is 3.00 bits per heavy atom. The lowest BCUT2D eigenvalue weighted by Gasteiger charge is -2.27. The smallest absolute Gasteiger partial charge is 0.158 e. The van der Waals surface area contributed by atoms with Gasteiger partial charge in [0.1, 0.15) is 12.1 Å². The molecule has 6 heteroatoms. The maximum Gasteiger partial charge on any atom is 0.158 e. The van der Waals surface area contributed by atoms with E-state index in [4.69, 9.17) is 0 Å². The van der Waals surface area contributed by atoms with Gasteiger partial charge in [-0.25, -0.2) is 14.6 Å². The summed E-state index contributed by atoms with van der Waals surface area (Å²) in [5.74, 6) is 2.34. The molecule has 1 aliphatic heterocycles. The molecule has 0 amide bonds. The summed E-state index contributed by atoms with van der Waals surface area (Å²) in [5, 5.41) is 10.9. The van der Waals surface area contributed by atoms with Crippen LogP contribution in [-0.4, -0.2) is 39.4 Å². The van der Waals surface area contributed by atoms with Crippen LogP contribution in [0.2, 0.25) is 0 Å². The second-order valence-electron chi connectivity index (χ2n) is 4.57. The van der Waals surface area contributed by atoms with Crippen molar-refractivity contribution >= 4 is 5.82 Å². The Kier molecular flexibility index (Phi) is 2.93. The molecule has 0 aliphatic carbocycles. The number of aryl methyl sites for hydroxylation is 1. The first-order valence-corrected chi connectivity index (χ1v) is 6.10. The maximum absolute atomic E-state index is 4.33. The summed E-state index contributed by atoms with van der Waals surface area (Å²) in [6, 6.07) is 3.87. The van der Waals surface area contributed by atoms with Crippen molar-refractivity contribution in [1.29, 1.82) is 0 Å². The van der Waals surface area contributed by atoms with Crippen molar-refractivity contribution in [3.05, 3.63) is 30.4 Å². The van der Waals surface area contributed by atoms with Crippen molar-refractivity contribution < 1.29 is 0 Å². The van der Waals surface area contributed by atoms with Gasteiger partial charge < -0.3 is 10.6 Å². The number of nitrogens with zero attached hydrogens (tertiary/aromatic N) is 4. The number of hydrogen-bond donors (Lipinski definition) is 2. The van der Waals surface area contributed by atoms with Crippen LogP contribution >= 0.6 is 0 Å². The van der Waals surface area contributed by atoms with Crippen LogP contribution in [0.25, 0.3) is 5.82 Å². The molecule has 6 nitrogen and oxygen atoms in total. The van der Waals surface area contributed by atoms with E-state index >= 15 is 0 Å². The Morgan fingerprint density at radius 2 is 2.33 bits per heavy atom. The number of aromatic nitrogens is 4. The Morgan fingerprint density at radius 1 is 1.44 bits per heavy atom. The van der Waals surface area contributed by atoms with Crippen LogP contribution in [0.5, 0.6) is 0 Å². The van der Waals surface area contributed by atoms with E-state index in [-0.39, 0.29) is 0 Å². The van der Waals surface area contributed by atoms with Gasteiger partial charge in [-0.05, 0) is 13.0 Å². The van der Waals surface area contributed by atoms with Crippen molar-refractivity contribution in [2.75, 3.05) is 25.0 Å². The fourth-order valence-electron chi connectivity index (χ4n) is 1.85. The monoisotopic (exact) mass is 244 g/mol. The lowest BCUT2D eigenvalue weighted by atomic mass is 10.0. The third-order valence-corrected chi connectivity index (χ3v) is 3.05.